The van der Waals surface area contributed by atoms with E-state index in [0.29, 0.717) is 25.9 Å². The summed E-state index contributed by atoms with van der Waals surface area (Å²) in [5, 5.41) is 0. The molecule has 1 aliphatic rings. The minimum absolute atomic E-state index is 0.167. The van der Waals surface area contributed by atoms with Gasteiger partial charge in [0.25, 0.3) is 0 Å². The van der Waals surface area contributed by atoms with Gasteiger partial charge in [-0.3, -0.25) is 4.79 Å². The number of hydrogen-bond acceptors (Lipinski definition) is 3. The highest BCUT2D eigenvalue weighted by molar-refractivity contribution is 9.10. The zero-order chi connectivity index (χ0) is 16.3. The van der Waals surface area contributed by atoms with E-state index in [9.17, 15) is 9.59 Å². The Hall–Kier alpha value is -1.36. The minimum Gasteiger partial charge on any atom is -0.444 e. The Morgan fingerprint density at radius 2 is 2.05 bits per heavy atom. The molecule has 1 unspecified atom stereocenters. The smallest absolute Gasteiger partial charge is 0.410 e. The first-order valence-corrected chi connectivity index (χ1v) is 8.29. The molecule has 1 saturated heterocycles. The van der Waals surface area contributed by atoms with Gasteiger partial charge in [0.15, 0.2) is 0 Å². The highest BCUT2D eigenvalue weighted by atomic mass is 79.9. The van der Waals surface area contributed by atoms with Crippen molar-refractivity contribution in [3.8, 4) is 0 Å². The van der Waals surface area contributed by atoms with Crippen molar-refractivity contribution in [1.82, 2.24) is 4.90 Å². The molecule has 1 aromatic carbocycles. The number of Topliss-reactive ketones (excluding diaryl/α,β-unsaturated/α-hetero) is 1. The molecule has 0 saturated carbocycles. The van der Waals surface area contributed by atoms with Gasteiger partial charge in [0, 0.05) is 29.9 Å². The third kappa shape index (κ3) is 4.57. The molecule has 1 aromatic rings. The largest absolute Gasteiger partial charge is 0.444 e. The van der Waals surface area contributed by atoms with Gasteiger partial charge in [-0.2, -0.15) is 0 Å². The molecule has 0 aliphatic carbocycles. The van der Waals surface area contributed by atoms with E-state index in [2.05, 4.69) is 15.9 Å². The first kappa shape index (κ1) is 17.0. The van der Waals surface area contributed by atoms with Crippen LogP contribution >= 0.6 is 15.9 Å². The fourth-order valence-electron chi connectivity index (χ4n) is 2.51. The SMILES string of the molecule is CC(C)(C)OC(=O)N1CCC(=O)C(Cc2ccccc2Br)C1. The predicted molar refractivity (Wildman–Crippen MR) is 88.8 cm³/mol. The lowest BCUT2D eigenvalue weighted by molar-refractivity contribution is -0.125. The summed E-state index contributed by atoms with van der Waals surface area (Å²) < 4.78 is 6.40. The van der Waals surface area contributed by atoms with E-state index in [0.717, 1.165) is 10.0 Å². The number of carbonyl (C=O) groups excluding carboxylic acids is 2. The predicted octanol–water partition coefficient (Wildman–Crippen LogP) is 3.82. The van der Waals surface area contributed by atoms with E-state index >= 15 is 0 Å². The van der Waals surface area contributed by atoms with Crippen LogP contribution in [0.15, 0.2) is 28.7 Å². The summed E-state index contributed by atoms with van der Waals surface area (Å²) in [5.41, 5.74) is 0.572. The van der Waals surface area contributed by atoms with Crippen LogP contribution in [0.25, 0.3) is 0 Å². The highest BCUT2D eigenvalue weighted by Gasteiger charge is 2.32. The van der Waals surface area contributed by atoms with Crippen molar-refractivity contribution in [2.45, 2.75) is 39.2 Å². The molecular weight excluding hydrogens is 346 g/mol. The maximum atomic E-state index is 12.2. The summed E-state index contributed by atoms with van der Waals surface area (Å²) in [6, 6.07) is 7.88. The number of halogens is 1. The average Bonchev–Trinajstić information content (AvgIpc) is 2.41. The van der Waals surface area contributed by atoms with Crippen molar-refractivity contribution < 1.29 is 14.3 Å². The van der Waals surface area contributed by atoms with Gasteiger partial charge in [0.1, 0.15) is 11.4 Å². The van der Waals surface area contributed by atoms with Gasteiger partial charge < -0.3 is 9.64 Å². The summed E-state index contributed by atoms with van der Waals surface area (Å²) in [6.45, 7) is 6.41. The van der Waals surface area contributed by atoms with Gasteiger partial charge >= 0.3 is 6.09 Å². The molecule has 5 heteroatoms. The lowest BCUT2D eigenvalue weighted by Gasteiger charge is -2.33. The van der Waals surface area contributed by atoms with Crippen LogP contribution in [0.3, 0.4) is 0 Å². The number of nitrogens with zero attached hydrogens (tertiary/aromatic N) is 1. The summed E-state index contributed by atoms with van der Waals surface area (Å²) in [5.74, 6) is 0.0514. The molecule has 1 atom stereocenters. The topological polar surface area (TPSA) is 46.6 Å². The summed E-state index contributed by atoms with van der Waals surface area (Å²) in [6.07, 6.45) is 0.700. The molecule has 1 heterocycles. The molecule has 2 rings (SSSR count). The van der Waals surface area contributed by atoms with Crippen LogP contribution in [0.1, 0.15) is 32.8 Å². The summed E-state index contributed by atoms with van der Waals surface area (Å²) in [4.78, 5) is 26.0. The van der Waals surface area contributed by atoms with Crippen LogP contribution in [0.2, 0.25) is 0 Å². The van der Waals surface area contributed by atoms with E-state index in [-0.39, 0.29) is 17.8 Å². The Labute approximate surface area is 140 Å². The Bertz CT molecular complexity index is 565. The molecule has 22 heavy (non-hydrogen) atoms. The lowest BCUT2D eigenvalue weighted by atomic mass is 9.90. The minimum atomic E-state index is -0.517. The second-order valence-electron chi connectivity index (χ2n) is 6.64. The second-order valence-corrected chi connectivity index (χ2v) is 7.49. The standard InChI is InChI=1S/C17H22BrNO3/c1-17(2,3)22-16(21)19-9-8-15(20)13(11-19)10-12-6-4-5-7-14(12)18/h4-7,13H,8-11H2,1-3H3. The molecule has 0 aromatic heterocycles. The third-order valence-corrected chi connectivity index (χ3v) is 4.37. The number of rotatable bonds is 2. The molecular formula is C17H22BrNO3. The van der Waals surface area contributed by atoms with E-state index < -0.39 is 5.60 Å². The Balaban J connectivity index is 2.04. The van der Waals surface area contributed by atoms with E-state index in [1.165, 1.54) is 0 Å². The Kier molecular flexibility index (Phi) is 5.27. The molecule has 0 N–H and O–H groups in total. The van der Waals surface area contributed by atoms with Crippen molar-refractivity contribution in [1.29, 1.82) is 0 Å². The first-order valence-electron chi connectivity index (χ1n) is 7.50. The van der Waals surface area contributed by atoms with Crippen LogP contribution in [0, 0.1) is 5.92 Å². The number of piperidine rings is 1. The van der Waals surface area contributed by atoms with Gasteiger partial charge in [0.2, 0.25) is 0 Å². The van der Waals surface area contributed by atoms with Gasteiger partial charge in [-0.15, -0.1) is 0 Å². The number of hydrogen-bond donors (Lipinski definition) is 0. The molecule has 1 aliphatic heterocycles. The van der Waals surface area contributed by atoms with Crippen molar-refractivity contribution in [2.24, 2.45) is 5.92 Å². The maximum Gasteiger partial charge on any atom is 0.410 e. The second kappa shape index (κ2) is 6.82. The number of ether oxygens (including phenoxy) is 1. The highest BCUT2D eigenvalue weighted by Crippen LogP contribution is 2.24. The van der Waals surface area contributed by atoms with E-state index in [1.54, 1.807) is 4.90 Å². The molecule has 1 fully saturated rings. The van der Waals surface area contributed by atoms with E-state index in [1.807, 2.05) is 45.0 Å². The number of likely N-dealkylation sites (tertiary alicyclic amines) is 1. The molecule has 1 amide bonds. The van der Waals surface area contributed by atoms with Crippen molar-refractivity contribution in [2.75, 3.05) is 13.1 Å². The molecule has 4 nitrogen and oxygen atoms in total. The quantitative estimate of drug-likeness (QED) is 0.797. The normalized spacial score (nSPS) is 19.2. The van der Waals surface area contributed by atoms with Crippen LogP contribution in [-0.2, 0) is 16.0 Å². The maximum absolute atomic E-state index is 12.2. The average molecular weight is 368 g/mol. The van der Waals surface area contributed by atoms with Gasteiger partial charge in [-0.1, -0.05) is 34.1 Å². The molecule has 0 bridgehead atoms. The number of ketones is 1. The Morgan fingerprint density at radius 1 is 1.36 bits per heavy atom. The molecule has 120 valence electrons. The van der Waals surface area contributed by atoms with E-state index in [4.69, 9.17) is 4.74 Å². The number of benzene rings is 1. The van der Waals surface area contributed by atoms with Crippen LogP contribution in [-0.4, -0.2) is 35.5 Å². The lowest BCUT2D eigenvalue weighted by Crippen LogP contribution is -2.46. The molecule has 0 spiro atoms. The monoisotopic (exact) mass is 367 g/mol. The summed E-state index contributed by atoms with van der Waals surface area (Å²) >= 11 is 3.51. The first-order chi connectivity index (χ1) is 10.3. The van der Waals surface area contributed by atoms with Gasteiger partial charge in [-0.25, -0.2) is 4.79 Å². The number of amides is 1. The summed E-state index contributed by atoms with van der Waals surface area (Å²) in [7, 11) is 0. The molecule has 0 radical (unpaired) electrons. The van der Waals surface area contributed by atoms with Crippen molar-refractivity contribution in [3.63, 3.8) is 0 Å². The van der Waals surface area contributed by atoms with Crippen LogP contribution in [0.5, 0.6) is 0 Å². The zero-order valence-electron chi connectivity index (χ0n) is 13.3. The van der Waals surface area contributed by atoms with Crippen LogP contribution in [0.4, 0.5) is 4.79 Å². The number of carbonyl (C=O) groups is 2. The van der Waals surface area contributed by atoms with Crippen molar-refractivity contribution >= 4 is 27.8 Å². The Morgan fingerprint density at radius 3 is 2.68 bits per heavy atom. The van der Waals surface area contributed by atoms with Gasteiger partial charge in [-0.05, 0) is 38.8 Å². The third-order valence-electron chi connectivity index (χ3n) is 3.60. The van der Waals surface area contributed by atoms with Gasteiger partial charge in [0.05, 0.1) is 0 Å². The zero-order valence-corrected chi connectivity index (χ0v) is 14.9. The van der Waals surface area contributed by atoms with Crippen LogP contribution < -0.4 is 0 Å². The fourth-order valence-corrected chi connectivity index (χ4v) is 2.96. The fraction of sp³-hybridized carbons (Fsp3) is 0.529. The van der Waals surface area contributed by atoms with Crippen molar-refractivity contribution in [3.05, 3.63) is 34.3 Å².